The standard InChI is InChI=1S/C15H19N3O/c16-9-11-4-3-7-18(10-11)15(19)14-8-12-5-1-2-6-13(12)17-14/h1-2,5-6,8,11,17H,3-4,7,9-10,16H2. The normalized spacial score (nSPS) is 19.8. The molecule has 1 fully saturated rings. The Bertz CT molecular complexity index is 557. The minimum Gasteiger partial charge on any atom is -0.351 e. The van der Waals surface area contributed by atoms with E-state index < -0.39 is 0 Å². The first-order valence-corrected chi connectivity index (χ1v) is 6.85. The average Bonchev–Trinajstić information content (AvgIpc) is 2.90. The minimum atomic E-state index is 0.0920. The van der Waals surface area contributed by atoms with E-state index in [2.05, 4.69) is 4.98 Å². The Balaban J connectivity index is 1.82. The molecule has 1 unspecified atom stereocenters. The van der Waals surface area contributed by atoms with E-state index in [0.29, 0.717) is 18.2 Å². The summed E-state index contributed by atoms with van der Waals surface area (Å²) in [6.07, 6.45) is 2.18. The van der Waals surface area contributed by atoms with Crippen molar-refractivity contribution in [2.75, 3.05) is 19.6 Å². The zero-order valence-corrected chi connectivity index (χ0v) is 10.9. The second kappa shape index (κ2) is 5.05. The number of H-pyrrole nitrogens is 1. The summed E-state index contributed by atoms with van der Waals surface area (Å²) in [5, 5.41) is 1.08. The second-order valence-electron chi connectivity index (χ2n) is 5.27. The highest BCUT2D eigenvalue weighted by Crippen LogP contribution is 2.20. The number of benzene rings is 1. The second-order valence-corrected chi connectivity index (χ2v) is 5.27. The van der Waals surface area contributed by atoms with Crippen molar-refractivity contribution in [2.45, 2.75) is 12.8 Å². The van der Waals surface area contributed by atoms with Gasteiger partial charge in [0.1, 0.15) is 5.69 Å². The fraction of sp³-hybridized carbons (Fsp3) is 0.400. The topological polar surface area (TPSA) is 62.1 Å². The number of rotatable bonds is 2. The molecule has 19 heavy (non-hydrogen) atoms. The maximum absolute atomic E-state index is 12.5. The van der Waals surface area contributed by atoms with Crippen LogP contribution < -0.4 is 5.73 Å². The highest BCUT2D eigenvalue weighted by Gasteiger charge is 2.24. The molecule has 1 saturated heterocycles. The van der Waals surface area contributed by atoms with Gasteiger partial charge in [-0.2, -0.15) is 0 Å². The number of aromatic amines is 1. The van der Waals surface area contributed by atoms with Gasteiger partial charge in [0.15, 0.2) is 0 Å². The largest absolute Gasteiger partial charge is 0.351 e. The molecule has 1 aliphatic heterocycles. The van der Waals surface area contributed by atoms with E-state index in [1.54, 1.807) is 0 Å². The summed E-state index contributed by atoms with van der Waals surface area (Å²) in [5.41, 5.74) is 7.41. The predicted molar refractivity (Wildman–Crippen MR) is 76.0 cm³/mol. The van der Waals surface area contributed by atoms with Crippen LogP contribution in [0.4, 0.5) is 0 Å². The van der Waals surface area contributed by atoms with Crippen LogP contribution in [0, 0.1) is 5.92 Å². The Morgan fingerprint density at radius 3 is 3.05 bits per heavy atom. The number of nitrogens with zero attached hydrogens (tertiary/aromatic N) is 1. The molecule has 4 nitrogen and oxygen atoms in total. The van der Waals surface area contributed by atoms with Crippen molar-refractivity contribution < 1.29 is 4.79 Å². The quantitative estimate of drug-likeness (QED) is 0.864. The summed E-state index contributed by atoms with van der Waals surface area (Å²) in [7, 11) is 0. The summed E-state index contributed by atoms with van der Waals surface area (Å²) >= 11 is 0. The Kier molecular flexibility index (Phi) is 3.25. The Morgan fingerprint density at radius 1 is 1.42 bits per heavy atom. The SMILES string of the molecule is NCC1CCCN(C(=O)c2cc3ccccc3[nH]2)C1. The summed E-state index contributed by atoms with van der Waals surface area (Å²) < 4.78 is 0. The molecule has 1 aromatic heterocycles. The summed E-state index contributed by atoms with van der Waals surface area (Å²) in [6.45, 7) is 2.28. The smallest absolute Gasteiger partial charge is 0.270 e. The molecule has 2 heterocycles. The van der Waals surface area contributed by atoms with Crippen LogP contribution in [0.3, 0.4) is 0 Å². The van der Waals surface area contributed by atoms with E-state index in [-0.39, 0.29) is 5.91 Å². The number of nitrogens with one attached hydrogen (secondary N) is 1. The van der Waals surface area contributed by atoms with E-state index in [1.165, 1.54) is 0 Å². The average molecular weight is 257 g/mol. The lowest BCUT2D eigenvalue weighted by molar-refractivity contribution is 0.0673. The molecule has 100 valence electrons. The van der Waals surface area contributed by atoms with Crippen LogP contribution in [0.5, 0.6) is 0 Å². The molecule has 1 aliphatic rings. The van der Waals surface area contributed by atoms with Crippen molar-refractivity contribution in [3.63, 3.8) is 0 Å². The number of aromatic nitrogens is 1. The maximum atomic E-state index is 12.5. The molecule has 0 bridgehead atoms. The number of amides is 1. The lowest BCUT2D eigenvalue weighted by atomic mass is 9.98. The van der Waals surface area contributed by atoms with Crippen molar-refractivity contribution in [3.8, 4) is 0 Å². The van der Waals surface area contributed by atoms with Gasteiger partial charge in [0.05, 0.1) is 0 Å². The van der Waals surface area contributed by atoms with E-state index in [9.17, 15) is 4.79 Å². The predicted octanol–water partition coefficient (Wildman–Crippen LogP) is 1.98. The zero-order chi connectivity index (χ0) is 13.2. The number of hydrogen-bond donors (Lipinski definition) is 2. The van der Waals surface area contributed by atoms with Gasteiger partial charge < -0.3 is 15.6 Å². The molecular formula is C15H19N3O. The first-order valence-electron chi connectivity index (χ1n) is 6.85. The fourth-order valence-corrected chi connectivity index (χ4v) is 2.80. The van der Waals surface area contributed by atoms with Gasteiger partial charge in [-0.05, 0) is 37.4 Å². The number of carbonyl (C=O) groups excluding carboxylic acids is 1. The van der Waals surface area contributed by atoms with Crippen LogP contribution in [0.1, 0.15) is 23.3 Å². The van der Waals surface area contributed by atoms with Crippen LogP contribution in [-0.4, -0.2) is 35.4 Å². The molecule has 0 radical (unpaired) electrons. The molecule has 1 atom stereocenters. The number of hydrogen-bond acceptors (Lipinski definition) is 2. The maximum Gasteiger partial charge on any atom is 0.270 e. The molecule has 3 rings (SSSR count). The number of para-hydroxylation sites is 1. The van der Waals surface area contributed by atoms with Gasteiger partial charge in [0.2, 0.25) is 0 Å². The first-order chi connectivity index (χ1) is 9.28. The van der Waals surface area contributed by atoms with Crippen LogP contribution in [0.25, 0.3) is 10.9 Å². The van der Waals surface area contributed by atoms with Crippen LogP contribution in [0.2, 0.25) is 0 Å². The highest BCUT2D eigenvalue weighted by molar-refractivity contribution is 5.98. The summed E-state index contributed by atoms with van der Waals surface area (Å²) in [6, 6.07) is 9.89. The van der Waals surface area contributed by atoms with Gasteiger partial charge in [-0.3, -0.25) is 4.79 Å². The van der Waals surface area contributed by atoms with Gasteiger partial charge in [-0.25, -0.2) is 0 Å². The molecule has 1 aromatic carbocycles. The molecule has 1 amide bonds. The third kappa shape index (κ3) is 2.36. The van der Waals surface area contributed by atoms with Gasteiger partial charge in [-0.1, -0.05) is 18.2 Å². The first kappa shape index (κ1) is 12.2. The third-order valence-electron chi connectivity index (χ3n) is 3.90. The number of likely N-dealkylation sites (tertiary alicyclic amines) is 1. The van der Waals surface area contributed by atoms with Crippen LogP contribution in [-0.2, 0) is 0 Å². The molecular weight excluding hydrogens is 238 g/mol. The number of nitrogens with two attached hydrogens (primary N) is 1. The molecule has 4 heteroatoms. The monoisotopic (exact) mass is 257 g/mol. The van der Waals surface area contributed by atoms with Crippen LogP contribution >= 0.6 is 0 Å². The van der Waals surface area contributed by atoms with Crippen molar-refractivity contribution in [3.05, 3.63) is 36.0 Å². The lowest BCUT2D eigenvalue weighted by Crippen LogP contribution is -2.42. The highest BCUT2D eigenvalue weighted by atomic mass is 16.2. The van der Waals surface area contributed by atoms with Crippen LogP contribution in [0.15, 0.2) is 30.3 Å². The Labute approximate surface area is 112 Å². The molecule has 0 saturated carbocycles. The third-order valence-corrected chi connectivity index (χ3v) is 3.90. The number of carbonyl (C=O) groups is 1. The van der Waals surface area contributed by atoms with Crippen molar-refractivity contribution in [1.82, 2.24) is 9.88 Å². The van der Waals surface area contributed by atoms with E-state index >= 15 is 0 Å². The fourth-order valence-electron chi connectivity index (χ4n) is 2.80. The van der Waals surface area contributed by atoms with Gasteiger partial charge >= 0.3 is 0 Å². The van der Waals surface area contributed by atoms with Crippen molar-refractivity contribution >= 4 is 16.8 Å². The number of fused-ring (bicyclic) bond motifs is 1. The lowest BCUT2D eigenvalue weighted by Gasteiger charge is -2.31. The zero-order valence-electron chi connectivity index (χ0n) is 10.9. The molecule has 3 N–H and O–H groups in total. The van der Waals surface area contributed by atoms with E-state index in [0.717, 1.165) is 36.8 Å². The van der Waals surface area contributed by atoms with Gasteiger partial charge in [-0.15, -0.1) is 0 Å². The minimum absolute atomic E-state index is 0.0920. The molecule has 0 aliphatic carbocycles. The Hall–Kier alpha value is -1.81. The van der Waals surface area contributed by atoms with E-state index in [1.807, 2.05) is 35.2 Å². The van der Waals surface area contributed by atoms with Crippen molar-refractivity contribution in [2.24, 2.45) is 11.7 Å². The molecule has 2 aromatic rings. The van der Waals surface area contributed by atoms with Crippen molar-refractivity contribution in [1.29, 1.82) is 0 Å². The van der Waals surface area contributed by atoms with Gasteiger partial charge in [0.25, 0.3) is 5.91 Å². The van der Waals surface area contributed by atoms with E-state index in [4.69, 9.17) is 5.73 Å². The number of piperidine rings is 1. The van der Waals surface area contributed by atoms with Gasteiger partial charge in [0, 0.05) is 24.0 Å². The Morgan fingerprint density at radius 2 is 2.26 bits per heavy atom. The molecule has 0 spiro atoms. The summed E-state index contributed by atoms with van der Waals surface area (Å²) in [5.74, 6) is 0.538. The summed E-state index contributed by atoms with van der Waals surface area (Å²) in [4.78, 5) is 17.6.